The van der Waals surface area contributed by atoms with E-state index in [4.69, 9.17) is 15.2 Å². The van der Waals surface area contributed by atoms with Crippen molar-refractivity contribution >= 4 is 23.6 Å². The summed E-state index contributed by atoms with van der Waals surface area (Å²) in [6.45, 7) is 3.01. The van der Waals surface area contributed by atoms with Gasteiger partial charge >= 0.3 is 0 Å². The maximum Gasteiger partial charge on any atom is 0.253 e. The first kappa shape index (κ1) is 23.7. The number of rotatable bonds is 16. The summed E-state index contributed by atoms with van der Waals surface area (Å²) in [5, 5.41) is 5.44. The SMILES string of the molecule is NCCCCNC(=O)CCOCCOCCNC(=O)CCN1C(=O)C=CC1=O. The zero-order valence-electron chi connectivity index (χ0n) is 16.1. The third kappa shape index (κ3) is 10.8. The van der Waals surface area contributed by atoms with Crippen LogP contribution in [-0.2, 0) is 28.7 Å². The molecule has 0 aromatic rings. The van der Waals surface area contributed by atoms with Gasteiger partial charge in [0.05, 0.1) is 26.4 Å². The number of imide groups is 1. The number of nitrogens with two attached hydrogens (primary N) is 1. The Morgan fingerprint density at radius 3 is 2.14 bits per heavy atom. The van der Waals surface area contributed by atoms with Crippen LogP contribution in [0.15, 0.2) is 12.2 Å². The highest BCUT2D eigenvalue weighted by Gasteiger charge is 2.23. The molecule has 0 radical (unpaired) electrons. The van der Waals surface area contributed by atoms with Crippen molar-refractivity contribution in [3.8, 4) is 0 Å². The molecule has 10 nitrogen and oxygen atoms in total. The van der Waals surface area contributed by atoms with Gasteiger partial charge in [0, 0.05) is 44.6 Å². The minimum absolute atomic E-state index is 0.0474. The summed E-state index contributed by atoms with van der Waals surface area (Å²) in [7, 11) is 0. The maximum atomic E-state index is 11.7. The zero-order chi connectivity index (χ0) is 20.6. The van der Waals surface area contributed by atoms with Crippen molar-refractivity contribution in [3.05, 3.63) is 12.2 Å². The second-order valence-electron chi connectivity index (χ2n) is 6.08. The van der Waals surface area contributed by atoms with E-state index in [1.165, 1.54) is 12.2 Å². The van der Waals surface area contributed by atoms with Gasteiger partial charge in [-0.3, -0.25) is 24.1 Å². The van der Waals surface area contributed by atoms with E-state index >= 15 is 0 Å². The van der Waals surface area contributed by atoms with E-state index < -0.39 is 11.8 Å². The van der Waals surface area contributed by atoms with Crippen LogP contribution in [0.5, 0.6) is 0 Å². The highest BCUT2D eigenvalue weighted by Crippen LogP contribution is 2.03. The molecule has 1 heterocycles. The second kappa shape index (κ2) is 14.7. The van der Waals surface area contributed by atoms with Crippen molar-refractivity contribution in [2.75, 3.05) is 52.6 Å². The number of amides is 4. The Hall–Kier alpha value is -2.30. The molecule has 28 heavy (non-hydrogen) atoms. The van der Waals surface area contributed by atoms with E-state index in [0.717, 1.165) is 17.7 Å². The molecule has 0 aromatic carbocycles. The molecule has 0 spiro atoms. The third-order valence-electron chi connectivity index (χ3n) is 3.83. The predicted molar refractivity (Wildman–Crippen MR) is 101 cm³/mol. The van der Waals surface area contributed by atoms with Crippen LogP contribution in [0.25, 0.3) is 0 Å². The van der Waals surface area contributed by atoms with Crippen LogP contribution in [0.3, 0.4) is 0 Å². The largest absolute Gasteiger partial charge is 0.379 e. The Morgan fingerprint density at radius 1 is 0.857 bits per heavy atom. The van der Waals surface area contributed by atoms with Crippen LogP contribution < -0.4 is 16.4 Å². The lowest BCUT2D eigenvalue weighted by molar-refractivity contribution is -0.137. The summed E-state index contributed by atoms with van der Waals surface area (Å²) in [6.07, 6.45) is 4.49. The molecule has 0 aromatic heterocycles. The van der Waals surface area contributed by atoms with Crippen molar-refractivity contribution in [2.45, 2.75) is 25.7 Å². The Morgan fingerprint density at radius 2 is 1.46 bits per heavy atom. The lowest BCUT2D eigenvalue weighted by atomic mass is 10.3. The van der Waals surface area contributed by atoms with Crippen molar-refractivity contribution in [1.82, 2.24) is 15.5 Å². The number of nitrogens with zero attached hydrogens (tertiary/aromatic N) is 1. The molecule has 10 heteroatoms. The molecule has 0 saturated carbocycles. The molecule has 0 atom stereocenters. The van der Waals surface area contributed by atoms with E-state index in [9.17, 15) is 19.2 Å². The number of hydrogen-bond donors (Lipinski definition) is 3. The summed E-state index contributed by atoms with van der Waals surface area (Å²) in [4.78, 5) is 46.8. The molecule has 0 unspecified atom stereocenters. The molecule has 0 bridgehead atoms. The van der Waals surface area contributed by atoms with Gasteiger partial charge in [-0.05, 0) is 19.4 Å². The zero-order valence-corrected chi connectivity index (χ0v) is 16.1. The molecule has 1 aliphatic heterocycles. The van der Waals surface area contributed by atoms with Gasteiger partial charge in [0.2, 0.25) is 11.8 Å². The van der Waals surface area contributed by atoms with Gasteiger partial charge in [-0.15, -0.1) is 0 Å². The predicted octanol–water partition coefficient (Wildman–Crippen LogP) is -1.30. The summed E-state index contributed by atoms with van der Waals surface area (Å²) in [5.74, 6) is -1.10. The van der Waals surface area contributed by atoms with Crippen LogP contribution >= 0.6 is 0 Å². The molecule has 4 amide bonds. The van der Waals surface area contributed by atoms with Gasteiger partial charge in [-0.25, -0.2) is 0 Å². The van der Waals surface area contributed by atoms with Crippen LogP contribution in [0, 0.1) is 0 Å². The third-order valence-corrected chi connectivity index (χ3v) is 3.83. The van der Waals surface area contributed by atoms with Gasteiger partial charge in [0.1, 0.15) is 0 Å². The minimum atomic E-state index is -0.398. The molecule has 1 rings (SSSR count). The number of carbonyl (C=O) groups is 4. The molecule has 1 aliphatic rings. The highest BCUT2D eigenvalue weighted by atomic mass is 16.5. The lowest BCUT2D eigenvalue weighted by Gasteiger charge is -2.13. The Bertz CT molecular complexity index is 534. The molecule has 0 fully saturated rings. The van der Waals surface area contributed by atoms with E-state index in [1.807, 2.05) is 0 Å². The average molecular weight is 398 g/mol. The summed E-state index contributed by atoms with van der Waals surface area (Å²) in [5.41, 5.74) is 5.37. The average Bonchev–Trinajstić information content (AvgIpc) is 3.00. The minimum Gasteiger partial charge on any atom is -0.379 e. The number of unbranched alkanes of at least 4 members (excludes halogenated alkanes) is 1. The number of ether oxygens (including phenoxy) is 2. The summed E-state index contributed by atoms with van der Waals surface area (Å²) < 4.78 is 10.6. The van der Waals surface area contributed by atoms with Crippen LogP contribution in [0.2, 0.25) is 0 Å². The van der Waals surface area contributed by atoms with Crippen molar-refractivity contribution in [1.29, 1.82) is 0 Å². The summed E-state index contributed by atoms with van der Waals surface area (Å²) >= 11 is 0. The highest BCUT2D eigenvalue weighted by molar-refractivity contribution is 6.13. The first-order valence-electron chi connectivity index (χ1n) is 9.47. The fraction of sp³-hybridized carbons (Fsp3) is 0.667. The van der Waals surface area contributed by atoms with Gasteiger partial charge < -0.3 is 25.8 Å². The molecular formula is C18H30N4O6. The van der Waals surface area contributed by atoms with E-state index in [2.05, 4.69) is 10.6 Å². The standard InChI is InChI=1S/C18H30N4O6/c19-7-1-2-8-20-16(24)6-11-27-13-14-28-12-9-21-15(23)5-10-22-17(25)3-4-18(22)26/h3-4H,1-2,5-14,19H2,(H,20,24)(H,21,23). The normalized spacial score (nSPS) is 13.2. The molecule has 158 valence electrons. The molecule has 0 aliphatic carbocycles. The fourth-order valence-corrected chi connectivity index (χ4v) is 2.29. The van der Waals surface area contributed by atoms with Crippen LogP contribution in [-0.4, -0.2) is 81.1 Å². The van der Waals surface area contributed by atoms with Gasteiger partial charge in [0.25, 0.3) is 11.8 Å². The Kier molecular flexibility index (Phi) is 12.5. The van der Waals surface area contributed by atoms with Crippen molar-refractivity contribution in [3.63, 3.8) is 0 Å². The van der Waals surface area contributed by atoms with Crippen molar-refractivity contribution in [2.24, 2.45) is 5.73 Å². The Balaban J connectivity index is 1.87. The van der Waals surface area contributed by atoms with Gasteiger partial charge in [-0.1, -0.05) is 0 Å². The second-order valence-corrected chi connectivity index (χ2v) is 6.08. The number of carbonyl (C=O) groups excluding carboxylic acids is 4. The first-order chi connectivity index (χ1) is 13.5. The van der Waals surface area contributed by atoms with E-state index in [-0.39, 0.29) is 24.8 Å². The van der Waals surface area contributed by atoms with E-state index in [0.29, 0.717) is 52.5 Å². The van der Waals surface area contributed by atoms with Crippen LogP contribution in [0.1, 0.15) is 25.7 Å². The van der Waals surface area contributed by atoms with Gasteiger partial charge in [-0.2, -0.15) is 0 Å². The Labute approximate surface area is 164 Å². The van der Waals surface area contributed by atoms with Crippen molar-refractivity contribution < 1.29 is 28.7 Å². The maximum absolute atomic E-state index is 11.7. The van der Waals surface area contributed by atoms with Gasteiger partial charge in [0.15, 0.2) is 0 Å². The fourth-order valence-electron chi connectivity index (χ4n) is 2.29. The monoisotopic (exact) mass is 398 g/mol. The first-order valence-corrected chi connectivity index (χ1v) is 9.47. The number of hydrogen-bond acceptors (Lipinski definition) is 7. The molecule has 4 N–H and O–H groups in total. The molecule has 0 saturated heterocycles. The number of nitrogens with one attached hydrogen (secondary N) is 2. The van der Waals surface area contributed by atoms with E-state index in [1.54, 1.807) is 0 Å². The summed E-state index contributed by atoms with van der Waals surface area (Å²) in [6, 6.07) is 0. The lowest BCUT2D eigenvalue weighted by Crippen LogP contribution is -2.35. The smallest absolute Gasteiger partial charge is 0.253 e. The topological polar surface area (TPSA) is 140 Å². The molecular weight excluding hydrogens is 368 g/mol. The quantitative estimate of drug-likeness (QED) is 0.217. The van der Waals surface area contributed by atoms with Crippen LogP contribution in [0.4, 0.5) is 0 Å².